The molecule has 0 saturated heterocycles. The molecule has 0 aliphatic rings. The van der Waals surface area contributed by atoms with Gasteiger partial charge in [-0.15, -0.1) is 13.2 Å². The van der Waals surface area contributed by atoms with E-state index >= 15 is 0 Å². The zero-order valence-electron chi connectivity index (χ0n) is 4.85. The van der Waals surface area contributed by atoms with Gasteiger partial charge in [-0.1, -0.05) is 19.1 Å². The molecule has 0 aliphatic carbocycles. The van der Waals surface area contributed by atoms with Gasteiger partial charge in [-0.05, 0) is 12.3 Å². The van der Waals surface area contributed by atoms with Crippen LogP contribution in [-0.4, -0.2) is 0 Å². The smallest absolute Gasteiger partial charge is 0.0230 e. The Morgan fingerprint density at radius 3 is 2.29 bits per heavy atom. The molecule has 0 radical (unpaired) electrons. The first-order valence-electron chi connectivity index (χ1n) is 2.54. The summed E-state index contributed by atoms with van der Waals surface area (Å²) in [7, 11) is 0. The van der Waals surface area contributed by atoms with Crippen molar-refractivity contribution < 1.29 is 0 Å². The molecule has 0 bridgehead atoms. The van der Waals surface area contributed by atoms with E-state index in [4.69, 9.17) is 0 Å². The van der Waals surface area contributed by atoms with Gasteiger partial charge in [0.25, 0.3) is 0 Å². The molecule has 0 aliphatic heterocycles. The van der Waals surface area contributed by atoms with Crippen molar-refractivity contribution in [3.8, 4) is 0 Å². The highest BCUT2D eigenvalue weighted by Gasteiger charge is 1.86. The highest BCUT2D eigenvalue weighted by molar-refractivity contribution is 4.81. The average molecular weight is 96.2 g/mol. The maximum absolute atomic E-state index is 3.63. The summed E-state index contributed by atoms with van der Waals surface area (Å²) < 4.78 is 0. The van der Waals surface area contributed by atoms with E-state index in [0.29, 0.717) is 5.92 Å². The summed E-state index contributed by atoms with van der Waals surface area (Å²) in [5, 5.41) is 0. The molecule has 0 unspecified atom stereocenters. The summed E-state index contributed by atoms with van der Waals surface area (Å²) in [5.41, 5.74) is 0. The van der Waals surface area contributed by atoms with Crippen LogP contribution < -0.4 is 0 Å². The molecule has 0 aromatic rings. The minimum atomic E-state index is 0.595. The van der Waals surface area contributed by atoms with Crippen molar-refractivity contribution in [2.24, 2.45) is 5.92 Å². The third-order valence-electron chi connectivity index (χ3n) is 0.941. The van der Waals surface area contributed by atoms with Crippen molar-refractivity contribution in [1.29, 1.82) is 0 Å². The van der Waals surface area contributed by atoms with Gasteiger partial charge in [0, 0.05) is 0 Å². The molecule has 0 nitrogen and oxygen atoms in total. The van der Waals surface area contributed by atoms with E-state index in [2.05, 4.69) is 20.1 Å². The predicted octanol–water partition coefficient (Wildman–Crippen LogP) is 2.38. The highest BCUT2D eigenvalue weighted by atomic mass is 13.9. The lowest BCUT2D eigenvalue weighted by atomic mass is 10.1. The Morgan fingerprint density at radius 1 is 1.57 bits per heavy atom. The molecule has 7 heavy (non-hydrogen) atoms. The monoisotopic (exact) mass is 96.1 g/mol. The van der Waals surface area contributed by atoms with Gasteiger partial charge in [-0.3, -0.25) is 0 Å². The molecule has 0 aromatic carbocycles. The summed E-state index contributed by atoms with van der Waals surface area (Å²) in [6.45, 7) is 9.35. The van der Waals surface area contributed by atoms with Crippen LogP contribution in [0.2, 0.25) is 0 Å². The third kappa shape index (κ3) is 3.31. The molecule has 0 heterocycles. The summed E-state index contributed by atoms with van der Waals surface area (Å²) in [6, 6.07) is 0. The van der Waals surface area contributed by atoms with Crippen LogP contribution in [0.15, 0.2) is 25.3 Å². The standard InChI is InChI=1S/C7H12/c1-4-6-7(3)5-2/h4-5,7H,1-2,6H2,3H3/t7-/m1/s1. The number of hydrogen-bond donors (Lipinski definition) is 0. The topological polar surface area (TPSA) is 0 Å². The molecule has 0 aromatic heterocycles. The number of hydrogen-bond acceptors (Lipinski definition) is 0. The highest BCUT2D eigenvalue weighted by Crippen LogP contribution is 2.00. The molecule has 0 spiro atoms. The normalized spacial score (nSPS) is 12.7. The fourth-order valence-electron chi connectivity index (χ4n) is 0.359. The second-order valence-electron chi connectivity index (χ2n) is 1.74. The van der Waals surface area contributed by atoms with Crippen molar-refractivity contribution in [2.45, 2.75) is 13.3 Å². The van der Waals surface area contributed by atoms with E-state index in [1.165, 1.54) is 0 Å². The van der Waals surface area contributed by atoms with Gasteiger partial charge in [0.15, 0.2) is 0 Å². The molecule has 1 atom stereocenters. The Hall–Kier alpha value is -0.520. The second kappa shape index (κ2) is 3.66. The maximum atomic E-state index is 3.63. The Morgan fingerprint density at radius 2 is 2.14 bits per heavy atom. The first kappa shape index (κ1) is 6.48. The minimum Gasteiger partial charge on any atom is -0.103 e. The first-order valence-corrected chi connectivity index (χ1v) is 2.54. The van der Waals surface area contributed by atoms with Gasteiger partial charge < -0.3 is 0 Å². The van der Waals surface area contributed by atoms with Crippen molar-refractivity contribution in [3.63, 3.8) is 0 Å². The van der Waals surface area contributed by atoms with Crippen molar-refractivity contribution in [2.75, 3.05) is 0 Å². The number of rotatable bonds is 3. The van der Waals surface area contributed by atoms with E-state index in [1.54, 1.807) is 0 Å². The molecular weight excluding hydrogens is 84.1 g/mol. The molecule has 0 amide bonds. The molecular formula is C7H12. The SMILES string of the molecule is C=CC[C@H](C)C=C. The van der Waals surface area contributed by atoms with E-state index in [1.807, 2.05) is 12.2 Å². The van der Waals surface area contributed by atoms with E-state index < -0.39 is 0 Å². The minimum absolute atomic E-state index is 0.595. The lowest BCUT2D eigenvalue weighted by Gasteiger charge is -1.95. The predicted molar refractivity (Wildman–Crippen MR) is 34.2 cm³/mol. The van der Waals surface area contributed by atoms with Crippen molar-refractivity contribution in [1.82, 2.24) is 0 Å². The van der Waals surface area contributed by atoms with Crippen LogP contribution in [0.5, 0.6) is 0 Å². The van der Waals surface area contributed by atoms with Crippen LogP contribution in [-0.2, 0) is 0 Å². The maximum Gasteiger partial charge on any atom is -0.0230 e. The zero-order chi connectivity index (χ0) is 5.70. The lowest BCUT2D eigenvalue weighted by Crippen LogP contribution is -1.82. The molecule has 0 rings (SSSR count). The summed E-state index contributed by atoms with van der Waals surface area (Å²) in [5.74, 6) is 0.595. The van der Waals surface area contributed by atoms with Gasteiger partial charge in [0.05, 0.1) is 0 Å². The van der Waals surface area contributed by atoms with E-state index in [9.17, 15) is 0 Å². The van der Waals surface area contributed by atoms with Crippen LogP contribution in [0, 0.1) is 5.92 Å². The van der Waals surface area contributed by atoms with Crippen LogP contribution in [0.3, 0.4) is 0 Å². The molecule has 0 heteroatoms. The Labute approximate surface area is 45.5 Å². The van der Waals surface area contributed by atoms with E-state index in [-0.39, 0.29) is 0 Å². The zero-order valence-corrected chi connectivity index (χ0v) is 4.85. The molecule has 0 N–H and O–H groups in total. The summed E-state index contributed by atoms with van der Waals surface area (Å²) in [6.07, 6.45) is 4.89. The van der Waals surface area contributed by atoms with E-state index in [0.717, 1.165) is 6.42 Å². The quantitative estimate of drug-likeness (QED) is 0.473. The fraction of sp³-hybridized carbons (Fsp3) is 0.429. The van der Waals surface area contributed by atoms with Crippen LogP contribution in [0.1, 0.15) is 13.3 Å². The van der Waals surface area contributed by atoms with Gasteiger partial charge in [-0.25, -0.2) is 0 Å². The average Bonchev–Trinajstić information content (AvgIpc) is 1.68. The number of allylic oxidation sites excluding steroid dienone is 2. The van der Waals surface area contributed by atoms with Crippen LogP contribution in [0.4, 0.5) is 0 Å². The molecule has 0 fully saturated rings. The lowest BCUT2D eigenvalue weighted by molar-refractivity contribution is 0.748. The van der Waals surface area contributed by atoms with Gasteiger partial charge in [0.2, 0.25) is 0 Å². The molecule has 40 valence electrons. The van der Waals surface area contributed by atoms with Gasteiger partial charge in [-0.2, -0.15) is 0 Å². The van der Waals surface area contributed by atoms with Crippen molar-refractivity contribution in [3.05, 3.63) is 25.3 Å². The Balaban J connectivity index is 3.15. The fourth-order valence-corrected chi connectivity index (χ4v) is 0.359. The van der Waals surface area contributed by atoms with Crippen molar-refractivity contribution >= 4 is 0 Å². The van der Waals surface area contributed by atoms with Crippen LogP contribution in [0.25, 0.3) is 0 Å². The van der Waals surface area contributed by atoms with Gasteiger partial charge >= 0.3 is 0 Å². The second-order valence-corrected chi connectivity index (χ2v) is 1.74. The van der Waals surface area contributed by atoms with Gasteiger partial charge in [0.1, 0.15) is 0 Å². The Bertz CT molecular complexity index is 62.4. The summed E-state index contributed by atoms with van der Waals surface area (Å²) >= 11 is 0. The van der Waals surface area contributed by atoms with Crippen LogP contribution >= 0.6 is 0 Å². The first-order chi connectivity index (χ1) is 3.31. The summed E-state index contributed by atoms with van der Waals surface area (Å²) in [4.78, 5) is 0. The Kier molecular flexibility index (Phi) is 3.39. The molecule has 0 saturated carbocycles. The largest absolute Gasteiger partial charge is 0.103 e. The third-order valence-corrected chi connectivity index (χ3v) is 0.941.